The van der Waals surface area contributed by atoms with Crippen LogP contribution in [0.15, 0.2) is 47.8 Å². The molecule has 32 heavy (non-hydrogen) atoms. The monoisotopic (exact) mass is 471 g/mol. The molecule has 9 nitrogen and oxygen atoms in total. The van der Waals surface area contributed by atoms with E-state index in [-0.39, 0.29) is 41.7 Å². The summed E-state index contributed by atoms with van der Waals surface area (Å²) in [6.07, 6.45) is 3.34. The number of carboxylic acid groups (broad SMARTS) is 1. The standard InChI is InChI=1S/C20H22ClN5O4S.Li.H/c1-13-7-19(26(23-13)10-14-9-22-12-24(14)2)25-11-15(8-17(25)20(27)28)31(29,30)18-6-4-3-5-16(18)21;;/h3-7,9,12,15,17H,8,10-11H2,1-2H3,(H,27,28);;/t15-,17+;;/m1../s1. The molecule has 0 bridgehead atoms. The molecule has 12 heteroatoms. The van der Waals surface area contributed by atoms with Crippen LogP contribution in [0.5, 0.6) is 0 Å². The van der Waals surface area contributed by atoms with Gasteiger partial charge in [0, 0.05) is 19.7 Å². The second kappa shape index (κ2) is 9.31. The van der Waals surface area contributed by atoms with Crippen molar-refractivity contribution in [3.63, 3.8) is 0 Å². The van der Waals surface area contributed by atoms with Crippen LogP contribution in [0.25, 0.3) is 0 Å². The van der Waals surface area contributed by atoms with Gasteiger partial charge in [-0.3, -0.25) is 0 Å². The Morgan fingerprint density at radius 1 is 1.31 bits per heavy atom. The van der Waals surface area contributed by atoms with Gasteiger partial charge in [0.2, 0.25) is 0 Å². The van der Waals surface area contributed by atoms with E-state index in [0.29, 0.717) is 18.1 Å². The van der Waals surface area contributed by atoms with Crippen LogP contribution in [0.1, 0.15) is 17.8 Å². The number of hydrogen-bond acceptors (Lipinski definition) is 6. The van der Waals surface area contributed by atoms with E-state index in [9.17, 15) is 18.3 Å². The molecule has 1 saturated heterocycles. The first-order valence-corrected chi connectivity index (χ1v) is 11.6. The average Bonchev–Trinajstić information content (AvgIpc) is 3.41. The molecule has 3 aromatic rings. The van der Waals surface area contributed by atoms with Crippen molar-refractivity contribution in [3.05, 3.63) is 59.3 Å². The molecule has 2 atom stereocenters. The molecule has 0 unspecified atom stereocenters. The Hall–Kier alpha value is -2.25. The number of anilines is 1. The number of imidazole rings is 1. The molecule has 0 saturated carbocycles. The zero-order valence-electron chi connectivity index (χ0n) is 17.0. The van der Waals surface area contributed by atoms with Crippen LogP contribution in [-0.2, 0) is 28.2 Å². The van der Waals surface area contributed by atoms with E-state index in [1.54, 1.807) is 40.3 Å². The molecule has 2 aromatic heterocycles. The zero-order chi connectivity index (χ0) is 22.3. The normalized spacial score (nSPS) is 18.5. The van der Waals surface area contributed by atoms with Crippen molar-refractivity contribution in [2.24, 2.45) is 7.05 Å². The fourth-order valence-corrected chi connectivity index (χ4v) is 6.15. The number of sulfone groups is 1. The zero-order valence-corrected chi connectivity index (χ0v) is 18.6. The van der Waals surface area contributed by atoms with Crippen LogP contribution in [0.2, 0.25) is 5.02 Å². The summed E-state index contributed by atoms with van der Waals surface area (Å²) in [5.41, 5.74) is 1.59. The third-order valence-electron chi connectivity index (χ3n) is 5.53. The molecule has 1 aliphatic heterocycles. The van der Waals surface area contributed by atoms with Crippen LogP contribution >= 0.6 is 11.6 Å². The summed E-state index contributed by atoms with van der Waals surface area (Å²) in [5.74, 6) is -0.522. The molecule has 0 radical (unpaired) electrons. The number of aromatic nitrogens is 4. The fraction of sp³-hybridized carbons (Fsp3) is 0.350. The van der Waals surface area contributed by atoms with Gasteiger partial charge in [-0.2, -0.15) is 5.10 Å². The summed E-state index contributed by atoms with van der Waals surface area (Å²) in [7, 11) is -1.96. The van der Waals surface area contributed by atoms with Crippen molar-refractivity contribution in [1.82, 2.24) is 19.3 Å². The minimum atomic E-state index is -3.82. The molecule has 1 aliphatic rings. The molecule has 1 fully saturated rings. The fourth-order valence-electron chi connectivity index (χ4n) is 3.93. The van der Waals surface area contributed by atoms with Gasteiger partial charge >= 0.3 is 24.8 Å². The summed E-state index contributed by atoms with van der Waals surface area (Å²) < 4.78 is 30.0. The van der Waals surface area contributed by atoms with Crippen molar-refractivity contribution >= 4 is 52.1 Å². The van der Waals surface area contributed by atoms with E-state index in [4.69, 9.17) is 11.6 Å². The summed E-state index contributed by atoms with van der Waals surface area (Å²) in [6, 6.07) is 7.00. The van der Waals surface area contributed by atoms with Gasteiger partial charge in [0.1, 0.15) is 11.9 Å². The first-order chi connectivity index (χ1) is 14.7. The number of aryl methyl sites for hydroxylation is 2. The number of rotatable bonds is 6. The second-order valence-corrected chi connectivity index (χ2v) is 10.2. The molecule has 166 valence electrons. The van der Waals surface area contributed by atoms with Crippen LogP contribution in [0, 0.1) is 6.92 Å². The number of aliphatic carboxylic acids is 1. The minimum absolute atomic E-state index is 0. The number of nitrogens with zero attached hydrogens (tertiary/aromatic N) is 5. The number of carbonyl (C=O) groups is 1. The maximum atomic E-state index is 13.3. The maximum absolute atomic E-state index is 13.3. The average molecular weight is 472 g/mol. The van der Waals surface area contributed by atoms with Gasteiger partial charge in [-0.1, -0.05) is 23.7 Å². The summed E-state index contributed by atoms with van der Waals surface area (Å²) >= 11 is 6.13. The molecule has 3 heterocycles. The van der Waals surface area contributed by atoms with Crippen molar-refractivity contribution in [2.45, 2.75) is 36.1 Å². The molecule has 0 aliphatic carbocycles. The van der Waals surface area contributed by atoms with E-state index in [1.165, 1.54) is 12.1 Å². The van der Waals surface area contributed by atoms with Gasteiger partial charge in [0.25, 0.3) is 0 Å². The molecular weight excluding hydrogens is 449 g/mol. The Bertz CT molecular complexity index is 1240. The van der Waals surface area contributed by atoms with E-state index < -0.39 is 27.1 Å². The topological polar surface area (TPSA) is 110 Å². The van der Waals surface area contributed by atoms with Crippen LogP contribution in [0.3, 0.4) is 0 Å². The summed E-state index contributed by atoms with van der Waals surface area (Å²) in [6.45, 7) is 2.22. The van der Waals surface area contributed by atoms with Gasteiger partial charge in [0.05, 0.1) is 45.6 Å². The Labute approximate surface area is 203 Å². The Morgan fingerprint density at radius 3 is 2.66 bits per heavy atom. The third kappa shape index (κ3) is 4.46. The first-order valence-electron chi connectivity index (χ1n) is 9.66. The number of carboxylic acids is 1. The van der Waals surface area contributed by atoms with Gasteiger partial charge in [0.15, 0.2) is 9.84 Å². The molecule has 4 rings (SSSR count). The number of benzene rings is 1. The second-order valence-electron chi connectivity index (χ2n) is 7.64. The summed E-state index contributed by atoms with van der Waals surface area (Å²) in [4.78, 5) is 17.8. The van der Waals surface area contributed by atoms with Crippen LogP contribution < -0.4 is 4.90 Å². The quantitative estimate of drug-likeness (QED) is 0.542. The summed E-state index contributed by atoms with van der Waals surface area (Å²) in [5, 5.41) is 13.6. The van der Waals surface area contributed by atoms with Crippen molar-refractivity contribution in [1.29, 1.82) is 0 Å². The molecule has 0 spiro atoms. The Morgan fingerprint density at radius 2 is 2.03 bits per heavy atom. The molecule has 0 amide bonds. The predicted molar refractivity (Wildman–Crippen MR) is 122 cm³/mol. The SMILES string of the molecule is Cc1cc(N2C[C@H](S(=O)(=O)c3ccccc3Cl)C[C@H]2C(=O)O)n(Cc2cncn2C)n1.[LiH]. The van der Waals surface area contributed by atoms with E-state index in [1.807, 2.05) is 18.5 Å². The molecule has 1 aromatic carbocycles. The number of hydrogen-bond donors (Lipinski definition) is 1. The van der Waals surface area contributed by atoms with Crippen LogP contribution in [-0.4, -0.2) is 75.5 Å². The van der Waals surface area contributed by atoms with Gasteiger partial charge in [-0.15, -0.1) is 0 Å². The predicted octanol–water partition coefficient (Wildman–Crippen LogP) is 1.48. The van der Waals surface area contributed by atoms with E-state index >= 15 is 0 Å². The van der Waals surface area contributed by atoms with Crippen molar-refractivity contribution in [3.8, 4) is 0 Å². The Balaban J connectivity index is 0.00000289. The van der Waals surface area contributed by atoms with Crippen molar-refractivity contribution in [2.75, 3.05) is 11.4 Å². The van der Waals surface area contributed by atoms with Gasteiger partial charge < -0.3 is 14.6 Å². The van der Waals surface area contributed by atoms with E-state index in [2.05, 4.69) is 10.1 Å². The van der Waals surface area contributed by atoms with E-state index in [0.717, 1.165) is 5.69 Å². The molecule has 1 N–H and O–H groups in total. The van der Waals surface area contributed by atoms with Crippen molar-refractivity contribution < 1.29 is 18.3 Å². The molecular formula is C20H23ClLiN5O4S. The van der Waals surface area contributed by atoms with Gasteiger partial charge in [-0.05, 0) is 25.5 Å². The first kappa shape index (κ1) is 24.4. The Kier molecular flexibility index (Phi) is 7.10. The third-order valence-corrected chi connectivity index (χ3v) is 8.16. The van der Waals surface area contributed by atoms with Crippen LogP contribution in [0.4, 0.5) is 5.82 Å². The van der Waals surface area contributed by atoms with Gasteiger partial charge in [-0.25, -0.2) is 22.9 Å². The number of halogens is 1.